The number of nitrogens with one attached hydrogen (secondary N) is 1. The summed E-state index contributed by atoms with van der Waals surface area (Å²) in [4.78, 5) is 11.8. The fraction of sp³-hybridized carbons (Fsp3) is 0.533. The van der Waals surface area contributed by atoms with Gasteiger partial charge in [-0.15, -0.1) is 0 Å². The topological polar surface area (TPSA) is 47.6 Å². The van der Waals surface area contributed by atoms with Gasteiger partial charge in [-0.3, -0.25) is 0 Å². The number of carbonyl (C=O) groups excluding carboxylic acids is 1. The Morgan fingerprint density at radius 1 is 1.40 bits per heavy atom. The largest absolute Gasteiger partial charge is 0.478 e. The maximum atomic E-state index is 11.8. The molecule has 0 aliphatic heterocycles. The van der Waals surface area contributed by atoms with Gasteiger partial charge in [0.2, 0.25) is 0 Å². The van der Waals surface area contributed by atoms with Crippen LogP contribution in [0.1, 0.15) is 38.8 Å². The molecule has 1 rings (SSSR count). The van der Waals surface area contributed by atoms with Crippen LogP contribution in [0, 0.1) is 0 Å². The van der Waals surface area contributed by atoms with Gasteiger partial charge in [0, 0.05) is 16.1 Å². The van der Waals surface area contributed by atoms with Gasteiger partial charge in [-0.05, 0) is 45.5 Å². The Morgan fingerprint density at radius 3 is 2.65 bits per heavy atom. The lowest BCUT2D eigenvalue weighted by molar-refractivity contribution is -0.151. The Hall–Kier alpha value is -1.07. The van der Waals surface area contributed by atoms with Crippen molar-refractivity contribution in [2.45, 2.75) is 39.3 Å². The molecule has 4 nitrogen and oxygen atoms in total. The Bertz CT molecular complexity index is 451. The molecular formula is C15H22BrNO3. The first-order chi connectivity index (χ1) is 9.53. The minimum Gasteiger partial charge on any atom is -0.478 e. The van der Waals surface area contributed by atoms with Gasteiger partial charge < -0.3 is 14.8 Å². The quantitative estimate of drug-likeness (QED) is 0.770. The summed E-state index contributed by atoms with van der Waals surface area (Å²) in [6.45, 7) is 6.10. The first kappa shape index (κ1) is 17.0. The minimum atomic E-state index is -0.570. The zero-order chi connectivity index (χ0) is 15.1. The van der Waals surface area contributed by atoms with Crippen molar-refractivity contribution >= 4 is 21.9 Å². The van der Waals surface area contributed by atoms with Crippen molar-refractivity contribution in [1.82, 2.24) is 5.32 Å². The molecule has 0 amide bonds. The fourth-order valence-corrected chi connectivity index (χ4v) is 2.19. The van der Waals surface area contributed by atoms with Gasteiger partial charge in [0.1, 0.15) is 5.75 Å². The van der Waals surface area contributed by atoms with Crippen LogP contribution in [0.5, 0.6) is 5.75 Å². The average molecular weight is 344 g/mol. The minimum absolute atomic E-state index is 0.127. The van der Waals surface area contributed by atoms with E-state index < -0.39 is 6.10 Å². The van der Waals surface area contributed by atoms with E-state index in [9.17, 15) is 4.79 Å². The summed E-state index contributed by atoms with van der Waals surface area (Å²) < 4.78 is 11.9. The van der Waals surface area contributed by atoms with Crippen molar-refractivity contribution in [3.63, 3.8) is 0 Å². The molecule has 0 radical (unpaired) electrons. The molecule has 5 heteroatoms. The van der Waals surface area contributed by atoms with E-state index in [-0.39, 0.29) is 12.0 Å². The zero-order valence-corrected chi connectivity index (χ0v) is 14.0. The van der Waals surface area contributed by atoms with Crippen molar-refractivity contribution < 1.29 is 14.3 Å². The van der Waals surface area contributed by atoms with Crippen LogP contribution in [0.4, 0.5) is 0 Å². The number of benzene rings is 1. The normalized spacial score (nSPS) is 13.7. The van der Waals surface area contributed by atoms with Crippen molar-refractivity contribution in [2.24, 2.45) is 0 Å². The van der Waals surface area contributed by atoms with E-state index in [1.54, 1.807) is 6.92 Å². The smallest absolute Gasteiger partial charge is 0.347 e. The van der Waals surface area contributed by atoms with Crippen LogP contribution in [0.25, 0.3) is 0 Å². The Labute approximate surface area is 129 Å². The van der Waals surface area contributed by atoms with Crippen LogP contribution < -0.4 is 10.1 Å². The summed E-state index contributed by atoms with van der Waals surface area (Å²) >= 11 is 3.46. The van der Waals surface area contributed by atoms with E-state index in [1.807, 2.05) is 39.1 Å². The molecule has 1 aromatic rings. The molecule has 0 saturated carbocycles. The molecule has 1 aromatic carbocycles. The number of hydrogen-bond donors (Lipinski definition) is 1. The molecule has 0 aliphatic rings. The summed E-state index contributed by atoms with van der Waals surface area (Å²) in [7, 11) is 1.89. The third kappa shape index (κ3) is 4.49. The van der Waals surface area contributed by atoms with E-state index in [0.29, 0.717) is 18.8 Å². The van der Waals surface area contributed by atoms with Crippen molar-refractivity contribution in [1.29, 1.82) is 0 Å². The van der Waals surface area contributed by atoms with Crippen molar-refractivity contribution in [2.75, 3.05) is 13.7 Å². The first-order valence-corrected chi connectivity index (χ1v) is 7.62. The number of hydrogen-bond acceptors (Lipinski definition) is 4. The lowest BCUT2D eigenvalue weighted by Gasteiger charge is -2.21. The highest BCUT2D eigenvalue weighted by Crippen LogP contribution is 2.29. The second-order valence-electron chi connectivity index (χ2n) is 4.46. The Kier molecular flexibility index (Phi) is 7.02. The second-order valence-corrected chi connectivity index (χ2v) is 5.37. The van der Waals surface area contributed by atoms with E-state index in [4.69, 9.17) is 9.47 Å². The molecule has 0 saturated heterocycles. The second kappa shape index (κ2) is 8.27. The zero-order valence-electron chi connectivity index (χ0n) is 12.4. The van der Waals surface area contributed by atoms with Gasteiger partial charge in [0.15, 0.2) is 6.10 Å². The highest BCUT2D eigenvalue weighted by molar-refractivity contribution is 9.10. The predicted octanol–water partition coefficient (Wildman–Crippen LogP) is 3.45. The number of halogens is 1. The van der Waals surface area contributed by atoms with Crippen LogP contribution in [-0.4, -0.2) is 25.7 Å². The molecule has 0 heterocycles. The highest BCUT2D eigenvalue weighted by atomic mass is 79.9. The van der Waals surface area contributed by atoms with Gasteiger partial charge in [0.05, 0.1) is 6.61 Å². The molecule has 0 aliphatic carbocycles. The summed E-state index contributed by atoms with van der Waals surface area (Å²) in [5.74, 6) is 0.385. The van der Waals surface area contributed by atoms with Gasteiger partial charge in [0.25, 0.3) is 0 Å². The van der Waals surface area contributed by atoms with E-state index in [2.05, 4.69) is 21.2 Å². The van der Waals surface area contributed by atoms with Crippen molar-refractivity contribution in [3.8, 4) is 5.75 Å². The highest BCUT2D eigenvalue weighted by Gasteiger charge is 2.22. The lowest BCUT2D eigenvalue weighted by atomic mass is 10.1. The molecule has 112 valence electrons. The number of esters is 1. The monoisotopic (exact) mass is 343 g/mol. The molecule has 0 bridgehead atoms. The third-order valence-electron chi connectivity index (χ3n) is 3.06. The van der Waals surface area contributed by atoms with E-state index in [0.717, 1.165) is 10.0 Å². The van der Waals surface area contributed by atoms with Gasteiger partial charge in [-0.1, -0.05) is 22.9 Å². The van der Waals surface area contributed by atoms with E-state index in [1.165, 1.54) is 0 Å². The number of ether oxygens (including phenoxy) is 2. The van der Waals surface area contributed by atoms with Crippen molar-refractivity contribution in [3.05, 3.63) is 28.2 Å². The number of rotatable bonds is 7. The van der Waals surface area contributed by atoms with Crippen LogP contribution >= 0.6 is 15.9 Å². The lowest BCUT2D eigenvalue weighted by Crippen LogP contribution is -2.29. The summed E-state index contributed by atoms with van der Waals surface area (Å²) in [5.41, 5.74) is 1.00. The molecule has 20 heavy (non-hydrogen) atoms. The Balaban J connectivity index is 2.97. The standard InChI is InChI=1S/C15H22BrNO3/c1-5-13(15(18)19-6-2)20-14-8-7-11(16)9-12(14)10(3)17-4/h7-10,13,17H,5-6H2,1-4H3. The van der Waals surface area contributed by atoms with Crippen LogP contribution in [0.3, 0.4) is 0 Å². The molecule has 2 atom stereocenters. The summed E-state index contributed by atoms with van der Waals surface area (Å²) in [5, 5.41) is 3.18. The van der Waals surface area contributed by atoms with Crippen LogP contribution in [-0.2, 0) is 9.53 Å². The van der Waals surface area contributed by atoms with Gasteiger partial charge in [-0.2, -0.15) is 0 Å². The third-order valence-corrected chi connectivity index (χ3v) is 3.55. The van der Waals surface area contributed by atoms with Crippen LogP contribution in [0.2, 0.25) is 0 Å². The maximum absolute atomic E-state index is 11.8. The van der Waals surface area contributed by atoms with Crippen LogP contribution in [0.15, 0.2) is 22.7 Å². The fourth-order valence-electron chi connectivity index (χ4n) is 1.81. The molecule has 2 unspecified atom stereocenters. The SMILES string of the molecule is CCOC(=O)C(CC)Oc1ccc(Br)cc1C(C)NC. The molecule has 0 fully saturated rings. The average Bonchev–Trinajstić information content (AvgIpc) is 2.45. The number of carbonyl (C=O) groups is 1. The molecule has 0 spiro atoms. The summed E-state index contributed by atoms with van der Waals surface area (Å²) in [6, 6.07) is 5.89. The van der Waals surface area contributed by atoms with Gasteiger partial charge in [-0.25, -0.2) is 4.79 Å². The summed E-state index contributed by atoms with van der Waals surface area (Å²) in [6.07, 6.45) is 0.00126. The molecular weight excluding hydrogens is 322 g/mol. The first-order valence-electron chi connectivity index (χ1n) is 6.83. The van der Waals surface area contributed by atoms with Gasteiger partial charge >= 0.3 is 5.97 Å². The molecule has 1 N–H and O–H groups in total. The molecule has 0 aromatic heterocycles. The maximum Gasteiger partial charge on any atom is 0.347 e. The van der Waals surface area contributed by atoms with E-state index >= 15 is 0 Å². The predicted molar refractivity (Wildman–Crippen MR) is 83.0 cm³/mol. The Morgan fingerprint density at radius 2 is 2.10 bits per heavy atom.